The van der Waals surface area contributed by atoms with Gasteiger partial charge in [-0.3, -0.25) is 5.01 Å². The monoisotopic (exact) mass is 450 g/mol. The van der Waals surface area contributed by atoms with Crippen LogP contribution in [0.5, 0.6) is 0 Å². The number of esters is 1. The van der Waals surface area contributed by atoms with E-state index in [9.17, 15) is 26.7 Å². The number of benzene rings is 2. The number of nitrogen functional groups attached to an aromatic ring is 1. The van der Waals surface area contributed by atoms with Crippen LogP contribution in [-0.2, 0) is 15.7 Å². The van der Waals surface area contributed by atoms with Crippen LogP contribution in [0.25, 0.3) is 5.70 Å². The second-order valence-electron chi connectivity index (χ2n) is 5.87. The van der Waals surface area contributed by atoms with Crippen LogP contribution < -0.4 is 22.3 Å². The molecule has 12 heteroatoms. The fourth-order valence-electron chi connectivity index (χ4n) is 2.47. The Balaban J connectivity index is 2.71. The molecule has 0 fully saturated rings. The van der Waals surface area contributed by atoms with Crippen molar-refractivity contribution in [2.75, 3.05) is 17.3 Å². The Kier molecular flexibility index (Phi) is 6.78. The third-order valence-electron chi connectivity index (χ3n) is 3.88. The Morgan fingerprint density at radius 1 is 1.17 bits per heavy atom. The molecule has 0 amide bonds. The lowest BCUT2D eigenvalue weighted by Gasteiger charge is -2.24. The number of alkyl halides is 3. The Labute approximate surface area is 172 Å². The van der Waals surface area contributed by atoms with Gasteiger partial charge in [0.2, 0.25) is 0 Å². The number of carbonyl (C=O) groups is 1. The summed E-state index contributed by atoms with van der Waals surface area (Å²) in [5, 5.41) is -0.0845. The van der Waals surface area contributed by atoms with Crippen molar-refractivity contribution >= 4 is 34.6 Å². The lowest BCUT2D eigenvalue weighted by Crippen LogP contribution is -2.37. The van der Waals surface area contributed by atoms with E-state index in [2.05, 4.69) is 0 Å². The highest BCUT2D eigenvalue weighted by Crippen LogP contribution is 2.36. The second kappa shape index (κ2) is 8.76. The molecule has 0 spiro atoms. The fourth-order valence-corrected chi connectivity index (χ4v) is 2.69. The first-order valence-electron chi connectivity index (χ1n) is 8.21. The van der Waals surface area contributed by atoms with Crippen molar-refractivity contribution in [2.24, 2.45) is 11.6 Å². The topological polar surface area (TPSA) is 108 Å². The highest BCUT2D eigenvalue weighted by molar-refractivity contribution is 6.31. The second-order valence-corrected chi connectivity index (χ2v) is 6.28. The Morgan fingerprint density at radius 3 is 2.33 bits per heavy atom. The zero-order chi connectivity index (χ0) is 22.8. The van der Waals surface area contributed by atoms with Crippen LogP contribution in [0, 0.1) is 11.6 Å². The maximum atomic E-state index is 13.7. The largest absolute Gasteiger partial charge is 0.461 e. The highest BCUT2D eigenvalue weighted by Gasteiger charge is 2.34. The number of halogens is 6. The third kappa shape index (κ3) is 4.74. The molecule has 2 rings (SSSR count). The Bertz CT molecular complexity index is 1010. The van der Waals surface area contributed by atoms with E-state index in [1.54, 1.807) is 0 Å². The summed E-state index contributed by atoms with van der Waals surface area (Å²) in [6.45, 7) is 1.33. The first kappa shape index (κ1) is 23.2. The number of anilines is 2. The molecule has 6 nitrogen and oxygen atoms in total. The van der Waals surface area contributed by atoms with E-state index < -0.39 is 45.8 Å². The standard InChI is InChI=1S/C18H16ClF5N4O2/c1-2-30-17(29)16(28(27)14-7-12(21)11(20)6-13(14)25)15(26)8-3-4-10(19)9(5-8)18(22,23)24/h3-7H,2,25-27H2,1H3/b16-15+. The first-order chi connectivity index (χ1) is 13.9. The first-order valence-corrected chi connectivity index (χ1v) is 8.59. The number of nitrogens with two attached hydrogens (primary N) is 3. The van der Waals surface area contributed by atoms with Crippen LogP contribution in [-0.4, -0.2) is 12.6 Å². The minimum absolute atomic E-state index is 0.134. The Morgan fingerprint density at radius 2 is 1.77 bits per heavy atom. The summed E-state index contributed by atoms with van der Waals surface area (Å²) in [5.41, 5.74) is 8.16. The summed E-state index contributed by atoms with van der Waals surface area (Å²) < 4.78 is 71.4. The van der Waals surface area contributed by atoms with Crippen molar-refractivity contribution in [2.45, 2.75) is 13.1 Å². The van der Waals surface area contributed by atoms with E-state index in [0.717, 1.165) is 12.1 Å². The van der Waals surface area contributed by atoms with E-state index >= 15 is 0 Å². The zero-order valence-electron chi connectivity index (χ0n) is 15.4. The molecule has 2 aromatic carbocycles. The fraction of sp³-hybridized carbons (Fsp3) is 0.167. The van der Waals surface area contributed by atoms with E-state index in [4.69, 9.17) is 33.6 Å². The van der Waals surface area contributed by atoms with Crippen LogP contribution in [0.15, 0.2) is 36.0 Å². The molecule has 0 aliphatic carbocycles. The van der Waals surface area contributed by atoms with E-state index in [-0.39, 0.29) is 23.5 Å². The smallest absolute Gasteiger partial charge is 0.417 e. The van der Waals surface area contributed by atoms with Gasteiger partial charge in [-0.1, -0.05) is 17.7 Å². The van der Waals surface area contributed by atoms with Gasteiger partial charge in [-0.15, -0.1) is 0 Å². The summed E-state index contributed by atoms with van der Waals surface area (Å²) >= 11 is 5.59. The number of nitrogens with zero attached hydrogens (tertiary/aromatic N) is 1. The number of hydrazine groups is 1. The van der Waals surface area contributed by atoms with Crippen LogP contribution in [0.1, 0.15) is 18.1 Å². The van der Waals surface area contributed by atoms with Crippen molar-refractivity contribution in [3.63, 3.8) is 0 Å². The summed E-state index contributed by atoms with van der Waals surface area (Å²) in [7, 11) is 0. The molecular weight excluding hydrogens is 435 g/mol. The van der Waals surface area contributed by atoms with Gasteiger partial charge in [0.25, 0.3) is 0 Å². The molecule has 6 N–H and O–H groups in total. The lowest BCUT2D eigenvalue weighted by molar-refractivity contribution is -0.138. The van der Waals surface area contributed by atoms with Gasteiger partial charge in [-0.25, -0.2) is 19.4 Å². The predicted octanol–water partition coefficient (Wildman–Crippen LogP) is 3.79. The van der Waals surface area contributed by atoms with Gasteiger partial charge in [0.15, 0.2) is 17.3 Å². The van der Waals surface area contributed by atoms with Crippen LogP contribution in [0.3, 0.4) is 0 Å². The van der Waals surface area contributed by atoms with E-state index in [0.29, 0.717) is 23.2 Å². The zero-order valence-corrected chi connectivity index (χ0v) is 16.1. The lowest BCUT2D eigenvalue weighted by atomic mass is 10.1. The quantitative estimate of drug-likeness (QED) is 0.160. The molecule has 0 bridgehead atoms. The molecule has 0 saturated heterocycles. The van der Waals surface area contributed by atoms with Gasteiger partial charge in [0.05, 0.1) is 34.3 Å². The summed E-state index contributed by atoms with van der Waals surface area (Å²) in [4.78, 5) is 12.4. The molecule has 0 aromatic heterocycles. The van der Waals surface area contributed by atoms with Gasteiger partial charge in [0.1, 0.15) is 0 Å². The van der Waals surface area contributed by atoms with Gasteiger partial charge >= 0.3 is 12.1 Å². The van der Waals surface area contributed by atoms with Gasteiger partial charge < -0.3 is 16.2 Å². The SMILES string of the molecule is CCOC(=O)/C(=C(\N)c1ccc(Cl)c(C(F)(F)F)c1)N(N)c1cc(F)c(F)cc1N. The minimum Gasteiger partial charge on any atom is -0.461 e. The summed E-state index contributed by atoms with van der Waals surface area (Å²) in [6, 6.07) is 3.88. The summed E-state index contributed by atoms with van der Waals surface area (Å²) in [6.07, 6.45) is -4.80. The Hall–Kier alpha value is -3.05. The molecule has 30 heavy (non-hydrogen) atoms. The van der Waals surface area contributed by atoms with Crippen molar-refractivity contribution < 1.29 is 31.5 Å². The molecule has 0 saturated carbocycles. The molecule has 0 heterocycles. The average Bonchev–Trinajstić information content (AvgIpc) is 2.64. The molecule has 162 valence electrons. The highest BCUT2D eigenvalue weighted by atomic mass is 35.5. The maximum absolute atomic E-state index is 13.7. The molecule has 0 aliphatic rings. The van der Waals surface area contributed by atoms with Crippen molar-refractivity contribution in [3.05, 3.63) is 63.8 Å². The average molecular weight is 451 g/mol. The van der Waals surface area contributed by atoms with E-state index in [1.807, 2.05) is 0 Å². The molecule has 2 aromatic rings. The minimum atomic E-state index is -4.80. The molecular formula is C18H16ClF5N4O2. The third-order valence-corrected chi connectivity index (χ3v) is 4.21. The number of hydrogen-bond acceptors (Lipinski definition) is 6. The van der Waals surface area contributed by atoms with E-state index in [1.165, 1.54) is 6.92 Å². The molecule has 0 atom stereocenters. The van der Waals surface area contributed by atoms with Crippen LogP contribution in [0.2, 0.25) is 5.02 Å². The number of carbonyl (C=O) groups excluding carboxylic acids is 1. The summed E-state index contributed by atoms with van der Waals surface area (Å²) in [5.74, 6) is 2.12. The van der Waals surface area contributed by atoms with Gasteiger partial charge in [0, 0.05) is 17.7 Å². The molecule has 0 aliphatic heterocycles. The van der Waals surface area contributed by atoms with Crippen molar-refractivity contribution in [1.82, 2.24) is 0 Å². The van der Waals surface area contributed by atoms with Gasteiger partial charge in [-0.2, -0.15) is 13.2 Å². The molecule has 0 radical (unpaired) electrons. The maximum Gasteiger partial charge on any atom is 0.417 e. The predicted molar refractivity (Wildman–Crippen MR) is 102 cm³/mol. The van der Waals surface area contributed by atoms with Gasteiger partial charge in [-0.05, 0) is 19.1 Å². The van der Waals surface area contributed by atoms with Crippen molar-refractivity contribution in [3.8, 4) is 0 Å². The number of hydrogen-bond donors (Lipinski definition) is 3. The van der Waals surface area contributed by atoms with Crippen LogP contribution >= 0.6 is 11.6 Å². The van der Waals surface area contributed by atoms with Crippen molar-refractivity contribution in [1.29, 1.82) is 0 Å². The number of ether oxygens (including phenoxy) is 1. The number of rotatable bonds is 5. The normalized spacial score (nSPS) is 12.4. The molecule has 0 unspecified atom stereocenters. The van der Waals surface area contributed by atoms with Crippen LogP contribution in [0.4, 0.5) is 33.3 Å².